The number of amides is 1. The van der Waals surface area contributed by atoms with Crippen molar-refractivity contribution in [1.82, 2.24) is 5.16 Å². The standard InChI is InChI=1S/C16H17N3O5/c1-23-14-8-7-10(19(21)22)9-12(14)17-16(20)15-11-5-3-2-4-6-13(11)24-18-15/h7-9H,2-6H2,1H3,(H,17,20). The zero-order valence-electron chi connectivity index (χ0n) is 13.2. The molecule has 1 aromatic heterocycles. The second-order valence-corrected chi connectivity index (χ2v) is 5.59. The number of hydrogen-bond acceptors (Lipinski definition) is 6. The number of nitro groups is 1. The number of carbonyl (C=O) groups is 1. The maximum Gasteiger partial charge on any atom is 0.278 e. The van der Waals surface area contributed by atoms with Crippen LogP contribution in [0.15, 0.2) is 22.7 Å². The predicted octanol–water partition coefficient (Wildman–Crippen LogP) is 3.11. The lowest BCUT2D eigenvalue weighted by molar-refractivity contribution is -0.384. The number of non-ortho nitro benzene ring substituents is 1. The predicted molar refractivity (Wildman–Crippen MR) is 85.4 cm³/mol. The Morgan fingerprint density at radius 1 is 1.33 bits per heavy atom. The first-order valence-corrected chi connectivity index (χ1v) is 7.71. The van der Waals surface area contributed by atoms with Crippen molar-refractivity contribution in [2.24, 2.45) is 0 Å². The highest BCUT2D eigenvalue weighted by Gasteiger charge is 2.24. The van der Waals surface area contributed by atoms with E-state index in [2.05, 4.69) is 10.5 Å². The molecule has 8 heteroatoms. The summed E-state index contributed by atoms with van der Waals surface area (Å²) in [6, 6.07) is 4.02. The first kappa shape index (κ1) is 16.0. The summed E-state index contributed by atoms with van der Waals surface area (Å²) in [5.41, 5.74) is 1.15. The van der Waals surface area contributed by atoms with Crippen molar-refractivity contribution in [2.45, 2.75) is 32.1 Å². The highest BCUT2D eigenvalue weighted by Crippen LogP contribution is 2.30. The molecule has 0 saturated heterocycles. The van der Waals surface area contributed by atoms with E-state index in [0.29, 0.717) is 5.75 Å². The van der Waals surface area contributed by atoms with E-state index >= 15 is 0 Å². The zero-order chi connectivity index (χ0) is 17.1. The molecule has 0 saturated carbocycles. The minimum absolute atomic E-state index is 0.134. The normalized spacial score (nSPS) is 13.7. The summed E-state index contributed by atoms with van der Waals surface area (Å²) in [4.78, 5) is 22.9. The molecule has 126 valence electrons. The Kier molecular flexibility index (Phi) is 4.45. The van der Waals surface area contributed by atoms with E-state index in [9.17, 15) is 14.9 Å². The van der Waals surface area contributed by atoms with Crippen LogP contribution in [0.1, 0.15) is 41.1 Å². The van der Waals surface area contributed by atoms with Crippen LogP contribution in [0.2, 0.25) is 0 Å². The second-order valence-electron chi connectivity index (χ2n) is 5.59. The minimum atomic E-state index is -0.531. The maximum atomic E-state index is 12.5. The van der Waals surface area contributed by atoms with E-state index in [1.54, 1.807) is 0 Å². The summed E-state index contributed by atoms with van der Waals surface area (Å²) in [6.07, 6.45) is 4.60. The van der Waals surface area contributed by atoms with E-state index < -0.39 is 10.8 Å². The number of nitro benzene ring substituents is 1. The quantitative estimate of drug-likeness (QED) is 0.524. The number of nitrogens with zero attached hydrogens (tertiary/aromatic N) is 2. The summed E-state index contributed by atoms with van der Waals surface area (Å²) in [7, 11) is 1.43. The minimum Gasteiger partial charge on any atom is -0.495 e. The molecule has 0 radical (unpaired) electrons. The van der Waals surface area contributed by atoms with Gasteiger partial charge in [0.1, 0.15) is 11.5 Å². The van der Waals surface area contributed by atoms with Crippen molar-refractivity contribution in [2.75, 3.05) is 12.4 Å². The largest absolute Gasteiger partial charge is 0.495 e. The van der Waals surface area contributed by atoms with Gasteiger partial charge in [0.2, 0.25) is 0 Å². The molecule has 1 N–H and O–H groups in total. The molecule has 24 heavy (non-hydrogen) atoms. The molecular formula is C16H17N3O5. The Hall–Kier alpha value is -2.90. The maximum absolute atomic E-state index is 12.5. The van der Waals surface area contributed by atoms with Crippen molar-refractivity contribution in [3.05, 3.63) is 45.3 Å². The van der Waals surface area contributed by atoms with Crippen molar-refractivity contribution >= 4 is 17.3 Å². The molecule has 3 rings (SSSR count). The summed E-state index contributed by atoms with van der Waals surface area (Å²) in [5.74, 6) is 0.632. The molecule has 0 unspecified atom stereocenters. The Morgan fingerprint density at radius 3 is 2.88 bits per heavy atom. The van der Waals surface area contributed by atoms with Gasteiger partial charge in [-0.1, -0.05) is 11.6 Å². The number of anilines is 1. The molecule has 0 aliphatic heterocycles. The van der Waals surface area contributed by atoms with Crippen molar-refractivity contribution in [3.8, 4) is 5.75 Å². The molecule has 1 aliphatic carbocycles. The lowest BCUT2D eigenvalue weighted by Gasteiger charge is -2.09. The average molecular weight is 331 g/mol. The van der Waals surface area contributed by atoms with Gasteiger partial charge in [0.25, 0.3) is 11.6 Å². The highest BCUT2D eigenvalue weighted by molar-refractivity contribution is 6.04. The Morgan fingerprint density at radius 2 is 2.12 bits per heavy atom. The molecule has 2 aromatic rings. The van der Waals surface area contributed by atoms with E-state index in [4.69, 9.17) is 9.26 Å². The number of aromatic nitrogens is 1. The number of hydrogen-bond donors (Lipinski definition) is 1. The van der Waals surface area contributed by atoms with Gasteiger partial charge < -0.3 is 14.6 Å². The van der Waals surface area contributed by atoms with E-state index in [1.165, 1.54) is 25.3 Å². The number of rotatable bonds is 4. The SMILES string of the molecule is COc1ccc([N+](=O)[O-])cc1NC(=O)c1noc2c1CCCCC2. The number of nitrogens with one attached hydrogen (secondary N) is 1. The lowest BCUT2D eigenvalue weighted by Crippen LogP contribution is -2.15. The van der Waals surface area contributed by atoms with Crippen LogP contribution in [-0.4, -0.2) is 23.1 Å². The van der Waals surface area contributed by atoms with Crippen LogP contribution in [-0.2, 0) is 12.8 Å². The first-order chi connectivity index (χ1) is 11.6. The monoisotopic (exact) mass is 331 g/mol. The fourth-order valence-corrected chi connectivity index (χ4v) is 2.83. The third-order valence-electron chi connectivity index (χ3n) is 4.06. The van der Waals surface area contributed by atoms with Gasteiger partial charge in [-0.3, -0.25) is 14.9 Å². The first-order valence-electron chi connectivity index (χ1n) is 7.71. The van der Waals surface area contributed by atoms with Crippen LogP contribution in [0.4, 0.5) is 11.4 Å². The van der Waals surface area contributed by atoms with Crippen LogP contribution in [0.3, 0.4) is 0 Å². The molecule has 0 atom stereocenters. The molecule has 8 nitrogen and oxygen atoms in total. The molecule has 1 amide bonds. The van der Waals surface area contributed by atoms with Crippen molar-refractivity contribution in [3.63, 3.8) is 0 Å². The van der Waals surface area contributed by atoms with Crippen LogP contribution >= 0.6 is 0 Å². The van der Waals surface area contributed by atoms with Crippen LogP contribution in [0, 0.1) is 10.1 Å². The molecule has 0 spiro atoms. The van der Waals surface area contributed by atoms with E-state index in [1.807, 2.05) is 0 Å². The number of methoxy groups -OCH3 is 1. The third-order valence-corrected chi connectivity index (χ3v) is 4.06. The molecule has 0 fully saturated rings. The van der Waals surface area contributed by atoms with Gasteiger partial charge >= 0.3 is 0 Å². The summed E-state index contributed by atoms with van der Waals surface area (Å²) >= 11 is 0. The Labute approximate surface area is 137 Å². The van der Waals surface area contributed by atoms with E-state index in [0.717, 1.165) is 43.4 Å². The van der Waals surface area contributed by atoms with Crippen LogP contribution < -0.4 is 10.1 Å². The molecule has 1 aromatic carbocycles. The second kappa shape index (κ2) is 6.69. The highest BCUT2D eigenvalue weighted by atomic mass is 16.6. The van der Waals surface area contributed by atoms with Gasteiger partial charge in [-0.05, 0) is 25.3 Å². The van der Waals surface area contributed by atoms with Gasteiger partial charge in [0.05, 0.1) is 17.7 Å². The van der Waals surface area contributed by atoms with Gasteiger partial charge in [0.15, 0.2) is 5.69 Å². The van der Waals surface area contributed by atoms with Gasteiger partial charge in [-0.25, -0.2) is 0 Å². The Balaban J connectivity index is 1.89. The molecule has 1 heterocycles. The molecule has 0 bridgehead atoms. The van der Waals surface area contributed by atoms with E-state index in [-0.39, 0.29) is 17.1 Å². The molecule has 1 aliphatic rings. The Bertz CT molecular complexity index is 784. The van der Waals surface area contributed by atoms with Crippen LogP contribution in [0.5, 0.6) is 5.75 Å². The van der Waals surface area contributed by atoms with Gasteiger partial charge in [0, 0.05) is 24.1 Å². The average Bonchev–Trinajstić information content (AvgIpc) is 2.83. The summed E-state index contributed by atoms with van der Waals surface area (Å²) in [5, 5.41) is 17.4. The zero-order valence-corrected chi connectivity index (χ0v) is 13.2. The molecular weight excluding hydrogens is 314 g/mol. The lowest BCUT2D eigenvalue weighted by atomic mass is 10.1. The third kappa shape index (κ3) is 3.08. The fourth-order valence-electron chi connectivity index (χ4n) is 2.83. The number of benzene rings is 1. The smallest absolute Gasteiger partial charge is 0.278 e. The number of fused-ring (bicyclic) bond motifs is 1. The fraction of sp³-hybridized carbons (Fsp3) is 0.375. The topological polar surface area (TPSA) is 108 Å². The van der Waals surface area contributed by atoms with Gasteiger partial charge in [-0.2, -0.15) is 0 Å². The summed E-state index contributed by atoms with van der Waals surface area (Å²) < 4.78 is 10.4. The van der Waals surface area contributed by atoms with Crippen molar-refractivity contribution in [1.29, 1.82) is 0 Å². The van der Waals surface area contributed by atoms with Gasteiger partial charge in [-0.15, -0.1) is 0 Å². The number of ether oxygens (including phenoxy) is 1. The number of aryl methyl sites for hydroxylation is 1. The summed E-state index contributed by atoms with van der Waals surface area (Å²) in [6.45, 7) is 0. The number of carbonyl (C=O) groups excluding carboxylic acids is 1. The van der Waals surface area contributed by atoms with Crippen LogP contribution in [0.25, 0.3) is 0 Å². The van der Waals surface area contributed by atoms with Crippen molar-refractivity contribution < 1.29 is 19.0 Å².